The van der Waals surface area contributed by atoms with Crippen LogP contribution in [0, 0.1) is 5.82 Å². The standard InChI is InChI=1S/C26H22FN3O2S/c1-32-26(31)25-23(33-2)13-21(17-7-10-19(11-8-17)30-15-28-14-29-30)20-5-3-4-16-6-9-18(27)12-22(16)24(20)25/h6-15H,3-5H2,1-2H3. The van der Waals surface area contributed by atoms with Gasteiger partial charge in [0.2, 0.25) is 0 Å². The number of thioether (sulfide) groups is 1. The van der Waals surface area contributed by atoms with Crippen molar-refractivity contribution in [2.45, 2.75) is 24.2 Å². The summed E-state index contributed by atoms with van der Waals surface area (Å²) in [5.74, 6) is -0.716. The molecule has 1 heterocycles. The third kappa shape index (κ3) is 3.82. The van der Waals surface area contributed by atoms with Crippen LogP contribution in [0.1, 0.15) is 27.9 Å². The zero-order valence-electron chi connectivity index (χ0n) is 18.3. The number of rotatable bonds is 4. The van der Waals surface area contributed by atoms with Crippen LogP contribution in [0.15, 0.2) is 66.1 Å². The maximum absolute atomic E-state index is 14.4. The van der Waals surface area contributed by atoms with Gasteiger partial charge in [-0.3, -0.25) is 0 Å². The summed E-state index contributed by atoms with van der Waals surface area (Å²) in [6, 6.07) is 15.0. The van der Waals surface area contributed by atoms with Crippen molar-refractivity contribution in [1.82, 2.24) is 14.8 Å². The molecule has 0 aliphatic heterocycles. The van der Waals surface area contributed by atoms with Crippen molar-refractivity contribution in [3.8, 4) is 27.9 Å². The van der Waals surface area contributed by atoms with Crippen molar-refractivity contribution < 1.29 is 13.9 Å². The van der Waals surface area contributed by atoms with Gasteiger partial charge in [-0.05, 0) is 83.7 Å². The third-order valence-electron chi connectivity index (χ3n) is 6.08. The topological polar surface area (TPSA) is 57.0 Å². The fourth-order valence-electron chi connectivity index (χ4n) is 4.57. The number of aromatic nitrogens is 3. The minimum absolute atomic E-state index is 0.314. The lowest BCUT2D eigenvalue weighted by molar-refractivity contribution is 0.0597. The number of esters is 1. The van der Waals surface area contributed by atoms with Gasteiger partial charge in [0.25, 0.3) is 0 Å². The van der Waals surface area contributed by atoms with Crippen molar-refractivity contribution in [2.24, 2.45) is 0 Å². The lowest BCUT2D eigenvalue weighted by Gasteiger charge is -2.21. The molecule has 0 atom stereocenters. The van der Waals surface area contributed by atoms with Gasteiger partial charge >= 0.3 is 5.97 Å². The molecule has 7 heteroatoms. The van der Waals surface area contributed by atoms with Gasteiger partial charge < -0.3 is 4.74 Å². The van der Waals surface area contributed by atoms with Crippen LogP contribution in [0.4, 0.5) is 4.39 Å². The number of carbonyl (C=O) groups is 1. The van der Waals surface area contributed by atoms with E-state index in [4.69, 9.17) is 4.74 Å². The Balaban J connectivity index is 1.78. The molecule has 5 nitrogen and oxygen atoms in total. The summed E-state index contributed by atoms with van der Waals surface area (Å²) in [6.07, 6.45) is 7.61. The molecule has 4 aromatic rings. The molecule has 1 aromatic heterocycles. The molecule has 0 saturated heterocycles. The van der Waals surface area contributed by atoms with Crippen LogP contribution in [0.5, 0.6) is 0 Å². The summed E-state index contributed by atoms with van der Waals surface area (Å²) in [4.78, 5) is 17.8. The molecule has 166 valence electrons. The Kier molecular flexibility index (Phi) is 5.72. The maximum atomic E-state index is 14.4. The average molecular weight is 460 g/mol. The molecule has 1 aliphatic carbocycles. The highest BCUT2D eigenvalue weighted by atomic mass is 32.2. The SMILES string of the molecule is COC(=O)c1c(SC)cc(-c2ccc(-n3cncn3)cc2)c2c1-c1cc(F)ccc1CCC2. The maximum Gasteiger partial charge on any atom is 0.339 e. The van der Waals surface area contributed by atoms with Crippen LogP contribution in [0.25, 0.3) is 27.9 Å². The normalized spacial score (nSPS) is 12.6. The van der Waals surface area contributed by atoms with Crippen LogP contribution >= 0.6 is 11.8 Å². The van der Waals surface area contributed by atoms with E-state index < -0.39 is 5.97 Å². The quantitative estimate of drug-likeness (QED) is 0.288. The Hall–Kier alpha value is -3.45. The summed E-state index contributed by atoms with van der Waals surface area (Å²) in [6.45, 7) is 0. The van der Waals surface area contributed by atoms with E-state index in [9.17, 15) is 9.18 Å². The first-order chi connectivity index (χ1) is 16.1. The van der Waals surface area contributed by atoms with Crippen LogP contribution < -0.4 is 0 Å². The van der Waals surface area contributed by atoms with E-state index in [1.807, 2.05) is 36.6 Å². The van der Waals surface area contributed by atoms with Crippen molar-refractivity contribution in [3.63, 3.8) is 0 Å². The fraction of sp³-hybridized carbons (Fsp3) is 0.192. The first-order valence-corrected chi connectivity index (χ1v) is 11.9. The summed E-state index contributed by atoms with van der Waals surface area (Å²) in [5, 5.41) is 4.19. The molecule has 5 rings (SSSR count). The molecule has 0 amide bonds. The smallest absolute Gasteiger partial charge is 0.339 e. The van der Waals surface area contributed by atoms with E-state index in [0.29, 0.717) is 5.56 Å². The molecule has 1 aliphatic rings. The molecule has 0 unspecified atom stereocenters. The molecule has 3 aromatic carbocycles. The number of halogens is 1. The summed E-state index contributed by atoms with van der Waals surface area (Å²) < 4.78 is 21.3. The number of hydrogen-bond acceptors (Lipinski definition) is 5. The van der Waals surface area contributed by atoms with E-state index in [1.54, 1.807) is 17.1 Å². The molecule has 0 radical (unpaired) electrons. The molecule has 0 fully saturated rings. The van der Waals surface area contributed by atoms with Crippen molar-refractivity contribution in [1.29, 1.82) is 0 Å². The fourth-order valence-corrected chi connectivity index (χ4v) is 5.19. The zero-order valence-corrected chi connectivity index (χ0v) is 19.2. The summed E-state index contributed by atoms with van der Waals surface area (Å²) >= 11 is 1.49. The Morgan fingerprint density at radius 2 is 1.91 bits per heavy atom. The van der Waals surface area contributed by atoms with Gasteiger partial charge in [0.1, 0.15) is 18.5 Å². The van der Waals surface area contributed by atoms with E-state index in [1.165, 1.54) is 31.3 Å². The van der Waals surface area contributed by atoms with Gasteiger partial charge in [-0.15, -0.1) is 11.8 Å². The molecule has 0 spiro atoms. The number of carbonyl (C=O) groups excluding carboxylic acids is 1. The molecular weight excluding hydrogens is 437 g/mol. The zero-order chi connectivity index (χ0) is 22.9. The highest BCUT2D eigenvalue weighted by Gasteiger charge is 2.28. The average Bonchev–Trinajstić information content (AvgIpc) is 3.32. The number of methoxy groups -OCH3 is 1. The van der Waals surface area contributed by atoms with Gasteiger partial charge in [0, 0.05) is 10.5 Å². The van der Waals surface area contributed by atoms with Gasteiger partial charge in [0.15, 0.2) is 0 Å². The largest absolute Gasteiger partial charge is 0.465 e. The van der Waals surface area contributed by atoms with Crippen LogP contribution in [0.3, 0.4) is 0 Å². The van der Waals surface area contributed by atoms with Crippen LogP contribution in [-0.2, 0) is 17.6 Å². The van der Waals surface area contributed by atoms with Gasteiger partial charge in [-0.1, -0.05) is 18.2 Å². The van der Waals surface area contributed by atoms with Crippen molar-refractivity contribution in [2.75, 3.05) is 13.4 Å². The number of benzene rings is 3. The predicted octanol–water partition coefficient (Wildman–Crippen LogP) is 5.74. The second kappa shape index (κ2) is 8.83. The highest BCUT2D eigenvalue weighted by molar-refractivity contribution is 7.98. The number of hydrogen-bond donors (Lipinski definition) is 0. The van der Waals surface area contributed by atoms with Gasteiger partial charge in [-0.25, -0.2) is 18.9 Å². The van der Waals surface area contributed by atoms with Gasteiger partial charge in [-0.2, -0.15) is 5.10 Å². The Morgan fingerprint density at radius 1 is 1.09 bits per heavy atom. The molecule has 0 N–H and O–H groups in total. The predicted molar refractivity (Wildman–Crippen MR) is 127 cm³/mol. The van der Waals surface area contributed by atoms with E-state index >= 15 is 0 Å². The minimum Gasteiger partial charge on any atom is -0.465 e. The number of nitrogens with zero attached hydrogens (tertiary/aromatic N) is 3. The van der Waals surface area contributed by atoms with E-state index in [0.717, 1.165) is 63.2 Å². The van der Waals surface area contributed by atoms with Crippen LogP contribution in [-0.4, -0.2) is 34.1 Å². The Labute approximate surface area is 195 Å². The number of fused-ring (bicyclic) bond motifs is 3. The Morgan fingerprint density at radius 3 is 2.61 bits per heavy atom. The lowest BCUT2D eigenvalue weighted by Crippen LogP contribution is -2.09. The second-order valence-corrected chi connectivity index (χ2v) is 8.74. The summed E-state index contributed by atoms with van der Waals surface area (Å²) in [5.41, 5.74) is 7.15. The molecular formula is C26H22FN3O2S. The van der Waals surface area contributed by atoms with E-state index in [-0.39, 0.29) is 5.82 Å². The summed E-state index contributed by atoms with van der Waals surface area (Å²) in [7, 11) is 1.39. The number of aryl methyl sites for hydroxylation is 1. The first-order valence-electron chi connectivity index (χ1n) is 10.7. The number of ether oxygens (including phenoxy) is 1. The lowest BCUT2D eigenvalue weighted by atomic mass is 9.86. The minimum atomic E-state index is -0.402. The van der Waals surface area contributed by atoms with E-state index in [2.05, 4.69) is 16.1 Å². The molecule has 33 heavy (non-hydrogen) atoms. The van der Waals surface area contributed by atoms with Crippen molar-refractivity contribution in [3.05, 3.63) is 83.7 Å². The Bertz CT molecular complexity index is 1330. The monoisotopic (exact) mass is 459 g/mol. The van der Waals surface area contributed by atoms with Gasteiger partial charge in [0.05, 0.1) is 18.4 Å². The second-order valence-electron chi connectivity index (χ2n) is 7.89. The van der Waals surface area contributed by atoms with Crippen molar-refractivity contribution >= 4 is 17.7 Å². The first kappa shape index (κ1) is 21.4. The molecule has 0 bridgehead atoms. The highest BCUT2D eigenvalue weighted by Crippen LogP contribution is 2.44. The van der Waals surface area contributed by atoms with Crippen LogP contribution in [0.2, 0.25) is 0 Å². The molecule has 0 saturated carbocycles. The third-order valence-corrected chi connectivity index (χ3v) is 6.85.